The largest absolute Gasteiger partial charge is 0.468 e. The van der Waals surface area contributed by atoms with Gasteiger partial charge < -0.3 is 10.5 Å². The molecule has 0 saturated heterocycles. The van der Waals surface area contributed by atoms with Crippen molar-refractivity contribution in [2.24, 2.45) is 5.73 Å². The van der Waals surface area contributed by atoms with E-state index in [1.807, 2.05) is 0 Å². The van der Waals surface area contributed by atoms with Crippen LogP contribution >= 0.6 is 0 Å². The molecule has 0 unspecified atom stereocenters. The summed E-state index contributed by atoms with van der Waals surface area (Å²) in [6, 6.07) is 0.583. The maximum Gasteiger partial charge on any atom is 0.293 e. The molecule has 1 aliphatic carbocycles. The number of carbonyl (C=O) groups is 1. The average molecular weight is 131 g/mol. The van der Waals surface area contributed by atoms with Gasteiger partial charge in [0.25, 0.3) is 6.47 Å². The molecule has 9 heavy (non-hydrogen) atoms. The van der Waals surface area contributed by atoms with Crippen LogP contribution in [0.15, 0.2) is 0 Å². The van der Waals surface area contributed by atoms with Gasteiger partial charge in [0, 0.05) is 6.04 Å². The first-order valence-electron chi connectivity index (χ1n) is 3.12. The number of hydrogen-bond acceptors (Lipinski definition) is 3. The van der Waals surface area contributed by atoms with Crippen molar-refractivity contribution in [3.05, 3.63) is 0 Å². The highest BCUT2D eigenvalue weighted by Crippen LogP contribution is 2.13. The number of nitrogens with two attached hydrogens (primary N) is 1. The molecule has 0 bridgehead atoms. The van der Waals surface area contributed by atoms with E-state index in [4.69, 9.17) is 5.73 Å². The summed E-state index contributed by atoms with van der Waals surface area (Å²) in [5.41, 5.74) is 5.22. The van der Waals surface area contributed by atoms with Crippen molar-refractivity contribution in [1.29, 1.82) is 0 Å². The highest BCUT2D eigenvalue weighted by Gasteiger charge is 2.13. The van der Waals surface area contributed by atoms with Crippen LogP contribution in [0.4, 0.5) is 0 Å². The van der Waals surface area contributed by atoms with E-state index < -0.39 is 0 Å². The fourth-order valence-electron chi connectivity index (χ4n) is 0.164. The van der Waals surface area contributed by atoms with Crippen molar-refractivity contribution in [2.75, 3.05) is 6.61 Å². The molecule has 1 rings (SSSR count). The molecule has 3 heteroatoms. The van der Waals surface area contributed by atoms with Crippen molar-refractivity contribution < 1.29 is 9.53 Å². The molecule has 0 radical (unpaired) electrons. The Balaban J connectivity index is 0.000000144. The molecular weight excluding hydrogens is 118 g/mol. The Labute approximate surface area is 55.2 Å². The molecule has 54 valence electrons. The topological polar surface area (TPSA) is 52.3 Å². The maximum atomic E-state index is 9.18. The van der Waals surface area contributed by atoms with Gasteiger partial charge >= 0.3 is 0 Å². The minimum absolute atomic E-state index is 0.431. The molecule has 0 atom stereocenters. The van der Waals surface area contributed by atoms with Gasteiger partial charge in [0.1, 0.15) is 0 Å². The van der Waals surface area contributed by atoms with Gasteiger partial charge in [-0.1, -0.05) is 0 Å². The van der Waals surface area contributed by atoms with E-state index in [1.54, 1.807) is 6.92 Å². The lowest BCUT2D eigenvalue weighted by Crippen LogP contribution is -1.94. The van der Waals surface area contributed by atoms with Crippen LogP contribution in [0.3, 0.4) is 0 Å². The van der Waals surface area contributed by atoms with Gasteiger partial charge in [-0.25, -0.2) is 0 Å². The van der Waals surface area contributed by atoms with E-state index in [1.165, 1.54) is 12.8 Å². The molecule has 0 aromatic rings. The summed E-state index contributed by atoms with van der Waals surface area (Å²) < 4.78 is 4.15. The van der Waals surface area contributed by atoms with Crippen LogP contribution in [0.1, 0.15) is 19.8 Å². The lowest BCUT2D eigenvalue weighted by molar-refractivity contribution is -0.128. The zero-order valence-electron chi connectivity index (χ0n) is 5.67. The molecule has 1 fully saturated rings. The normalized spacial score (nSPS) is 15.3. The Morgan fingerprint density at radius 2 is 2.22 bits per heavy atom. The molecule has 1 aliphatic rings. The zero-order chi connectivity index (χ0) is 7.11. The Morgan fingerprint density at radius 1 is 1.78 bits per heavy atom. The quantitative estimate of drug-likeness (QED) is 0.548. The van der Waals surface area contributed by atoms with Gasteiger partial charge in [-0.2, -0.15) is 0 Å². The Kier molecular flexibility index (Phi) is 5.21. The molecule has 3 nitrogen and oxygen atoms in total. The first kappa shape index (κ1) is 8.43. The van der Waals surface area contributed by atoms with E-state index >= 15 is 0 Å². The third-order valence-corrected chi connectivity index (χ3v) is 0.857. The molecule has 2 N–H and O–H groups in total. The summed E-state index contributed by atoms with van der Waals surface area (Å²) in [5.74, 6) is 0. The molecular formula is C6H13NO2. The van der Waals surface area contributed by atoms with Gasteiger partial charge in [-0.3, -0.25) is 4.79 Å². The highest BCUT2D eigenvalue weighted by molar-refractivity contribution is 5.36. The number of rotatable bonds is 2. The predicted octanol–water partition coefficient (Wildman–Crippen LogP) is 0.287. The maximum absolute atomic E-state index is 9.18. The van der Waals surface area contributed by atoms with Gasteiger partial charge in [-0.05, 0) is 19.8 Å². The minimum Gasteiger partial charge on any atom is -0.468 e. The van der Waals surface area contributed by atoms with Crippen LogP contribution in [-0.2, 0) is 9.53 Å². The first-order chi connectivity index (χ1) is 4.31. The molecule has 0 aromatic heterocycles. The third-order valence-electron chi connectivity index (χ3n) is 0.857. The predicted molar refractivity (Wildman–Crippen MR) is 34.9 cm³/mol. The van der Waals surface area contributed by atoms with Gasteiger partial charge in [-0.15, -0.1) is 0 Å². The summed E-state index contributed by atoms with van der Waals surface area (Å²) in [7, 11) is 0. The summed E-state index contributed by atoms with van der Waals surface area (Å²) >= 11 is 0. The Bertz CT molecular complexity index is 71.5. The van der Waals surface area contributed by atoms with Crippen LogP contribution in [0, 0.1) is 0 Å². The van der Waals surface area contributed by atoms with Gasteiger partial charge in [0.2, 0.25) is 0 Å². The third kappa shape index (κ3) is 11.2. The monoisotopic (exact) mass is 131 g/mol. The minimum atomic E-state index is 0.431. The highest BCUT2D eigenvalue weighted by atomic mass is 16.5. The van der Waals surface area contributed by atoms with Crippen LogP contribution in [0.2, 0.25) is 0 Å². The van der Waals surface area contributed by atoms with Crippen molar-refractivity contribution in [3.8, 4) is 0 Å². The summed E-state index contributed by atoms with van der Waals surface area (Å²) in [4.78, 5) is 9.18. The second-order valence-corrected chi connectivity index (χ2v) is 1.89. The number of ether oxygens (including phenoxy) is 1. The second kappa shape index (κ2) is 5.56. The molecule has 0 aliphatic heterocycles. The van der Waals surface area contributed by atoms with Crippen LogP contribution in [0.25, 0.3) is 0 Å². The SMILES string of the molecule is CCOC=O.NC1CC1. The average Bonchev–Trinajstić information content (AvgIpc) is 2.55. The van der Waals surface area contributed by atoms with Crippen LogP contribution in [0.5, 0.6) is 0 Å². The van der Waals surface area contributed by atoms with Gasteiger partial charge in [0.15, 0.2) is 0 Å². The van der Waals surface area contributed by atoms with E-state index in [0.29, 0.717) is 19.1 Å². The van der Waals surface area contributed by atoms with E-state index in [0.717, 1.165) is 0 Å². The van der Waals surface area contributed by atoms with E-state index in [9.17, 15) is 4.79 Å². The molecule has 0 amide bonds. The van der Waals surface area contributed by atoms with Crippen molar-refractivity contribution >= 4 is 6.47 Å². The standard InChI is InChI=1S/C3H7N.C3H6O2/c4-3-1-2-3;1-2-5-3-4/h3H,1-2,4H2;3H,2H2,1H3. The smallest absolute Gasteiger partial charge is 0.293 e. The van der Waals surface area contributed by atoms with Crippen molar-refractivity contribution in [3.63, 3.8) is 0 Å². The van der Waals surface area contributed by atoms with Crippen molar-refractivity contribution in [1.82, 2.24) is 0 Å². The first-order valence-corrected chi connectivity index (χ1v) is 3.12. The molecule has 0 aromatic carbocycles. The lowest BCUT2D eigenvalue weighted by atomic mass is 10.8. The fourth-order valence-corrected chi connectivity index (χ4v) is 0.164. The lowest BCUT2D eigenvalue weighted by Gasteiger charge is -1.79. The number of carbonyl (C=O) groups excluding carboxylic acids is 1. The Morgan fingerprint density at radius 3 is 2.22 bits per heavy atom. The second-order valence-electron chi connectivity index (χ2n) is 1.89. The fraction of sp³-hybridized carbons (Fsp3) is 0.833. The van der Waals surface area contributed by atoms with Crippen LogP contribution in [-0.4, -0.2) is 19.1 Å². The Hall–Kier alpha value is -0.570. The molecule has 1 saturated carbocycles. The van der Waals surface area contributed by atoms with Crippen LogP contribution < -0.4 is 5.73 Å². The van der Waals surface area contributed by atoms with Gasteiger partial charge in [0.05, 0.1) is 6.61 Å². The number of hydrogen-bond donors (Lipinski definition) is 1. The zero-order valence-corrected chi connectivity index (χ0v) is 5.67. The summed E-state index contributed by atoms with van der Waals surface area (Å²) in [6.07, 6.45) is 2.53. The molecule has 0 heterocycles. The molecule has 0 spiro atoms. The summed E-state index contributed by atoms with van der Waals surface area (Å²) in [6.45, 7) is 2.66. The van der Waals surface area contributed by atoms with Crippen molar-refractivity contribution in [2.45, 2.75) is 25.8 Å². The summed E-state index contributed by atoms with van der Waals surface area (Å²) in [5, 5.41) is 0. The van der Waals surface area contributed by atoms with E-state index in [-0.39, 0.29) is 0 Å². The van der Waals surface area contributed by atoms with E-state index in [2.05, 4.69) is 4.74 Å².